The van der Waals surface area contributed by atoms with Gasteiger partial charge < -0.3 is 0 Å². The van der Waals surface area contributed by atoms with Crippen LogP contribution in [0.4, 0.5) is 5.69 Å². The normalized spacial score (nSPS) is 21.4. The average molecular weight is 234 g/mol. The summed E-state index contributed by atoms with van der Waals surface area (Å²) < 4.78 is 0. The maximum absolute atomic E-state index is 4.69. The van der Waals surface area contributed by atoms with Gasteiger partial charge in [0.15, 0.2) is 0 Å². The minimum atomic E-state index is -0.389. The van der Waals surface area contributed by atoms with Crippen molar-refractivity contribution in [3.63, 3.8) is 0 Å². The topological polar surface area (TPSA) is 24.7 Å². The summed E-state index contributed by atoms with van der Waals surface area (Å²) in [6.45, 7) is 2.08. The maximum atomic E-state index is 4.69. The molecule has 88 valence electrons. The first-order valence-corrected chi connectivity index (χ1v) is 6.03. The SMILES string of the molecule is CC1(c2ccccc2)C=Nc2ccccc2C=N1. The van der Waals surface area contributed by atoms with Crippen molar-refractivity contribution < 1.29 is 0 Å². The molecule has 3 rings (SSSR count). The Morgan fingerprint density at radius 1 is 0.889 bits per heavy atom. The predicted molar refractivity (Wildman–Crippen MR) is 76.0 cm³/mol. The minimum absolute atomic E-state index is 0.389. The second-order valence-corrected chi connectivity index (χ2v) is 4.59. The van der Waals surface area contributed by atoms with Crippen LogP contribution in [0.5, 0.6) is 0 Å². The van der Waals surface area contributed by atoms with E-state index in [0.29, 0.717) is 0 Å². The Hall–Kier alpha value is -2.22. The first-order chi connectivity index (χ1) is 8.78. The van der Waals surface area contributed by atoms with E-state index in [1.165, 1.54) is 0 Å². The number of aliphatic imine (C=N–C) groups is 2. The molecule has 0 fully saturated rings. The molecular weight excluding hydrogens is 220 g/mol. The Morgan fingerprint density at radius 2 is 1.61 bits per heavy atom. The van der Waals surface area contributed by atoms with Gasteiger partial charge in [0.25, 0.3) is 0 Å². The number of benzene rings is 2. The minimum Gasteiger partial charge on any atom is -0.276 e. The van der Waals surface area contributed by atoms with Crippen molar-refractivity contribution in [2.45, 2.75) is 12.5 Å². The van der Waals surface area contributed by atoms with E-state index in [1.807, 2.05) is 54.9 Å². The lowest BCUT2D eigenvalue weighted by Gasteiger charge is -2.19. The van der Waals surface area contributed by atoms with Crippen LogP contribution >= 0.6 is 0 Å². The van der Waals surface area contributed by atoms with Crippen LogP contribution in [-0.2, 0) is 5.54 Å². The van der Waals surface area contributed by atoms with Crippen molar-refractivity contribution in [1.29, 1.82) is 0 Å². The molecule has 1 aliphatic rings. The number of nitrogens with zero attached hydrogens (tertiary/aromatic N) is 2. The van der Waals surface area contributed by atoms with E-state index in [-0.39, 0.29) is 5.54 Å². The molecule has 1 heterocycles. The Labute approximate surface area is 107 Å². The molecule has 0 amide bonds. The fourth-order valence-electron chi connectivity index (χ4n) is 2.07. The molecule has 0 spiro atoms. The van der Waals surface area contributed by atoms with Crippen LogP contribution in [0.2, 0.25) is 0 Å². The molecule has 2 heteroatoms. The summed E-state index contributed by atoms with van der Waals surface area (Å²) in [5, 5.41) is 0. The van der Waals surface area contributed by atoms with Gasteiger partial charge in [-0.25, -0.2) is 0 Å². The summed E-state index contributed by atoms with van der Waals surface area (Å²) in [4.78, 5) is 9.26. The summed E-state index contributed by atoms with van der Waals surface area (Å²) in [7, 11) is 0. The molecule has 2 aromatic rings. The average Bonchev–Trinajstić information content (AvgIpc) is 2.61. The van der Waals surface area contributed by atoms with E-state index in [9.17, 15) is 0 Å². The fourth-order valence-corrected chi connectivity index (χ4v) is 2.07. The highest BCUT2D eigenvalue weighted by atomic mass is 14.9. The lowest BCUT2D eigenvalue weighted by atomic mass is 9.94. The van der Waals surface area contributed by atoms with Crippen molar-refractivity contribution in [3.8, 4) is 0 Å². The molecule has 0 saturated carbocycles. The smallest absolute Gasteiger partial charge is 0.118 e. The quantitative estimate of drug-likeness (QED) is 0.718. The van der Waals surface area contributed by atoms with Crippen molar-refractivity contribution in [2.24, 2.45) is 9.98 Å². The Balaban J connectivity index is 2.09. The zero-order valence-corrected chi connectivity index (χ0v) is 10.2. The van der Waals surface area contributed by atoms with Gasteiger partial charge in [0, 0.05) is 18.0 Å². The van der Waals surface area contributed by atoms with Gasteiger partial charge >= 0.3 is 0 Å². The van der Waals surface area contributed by atoms with Crippen molar-refractivity contribution >= 4 is 18.1 Å². The summed E-state index contributed by atoms with van der Waals surface area (Å²) in [5.41, 5.74) is 2.80. The lowest BCUT2D eigenvalue weighted by molar-refractivity contribution is 0.701. The second kappa shape index (κ2) is 4.22. The van der Waals surface area contributed by atoms with E-state index in [1.54, 1.807) is 0 Å². The van der Waals surface area contributed by atoms with E-state index < -0.39 is 0 Å². The summed E-state index contributed by atoms with van der Waals surface area (Å²) in [5.74, 6) is 0. The van der Waals surface area contributed by atoms with E-state index in [0.717, 1.165) is 16.8 Å². The molecular formula is C16H14N2. The highest BCUT2D eigenvalue weighted by Crippen LogP contribution is 2.28. The zero-order valence-electron chi connectivity index (χ0n) is 10.2. The van der Waals surface area contributed by atoms with Crippen LogP contribution in [0.25, 0.3) is 0 Å². The van der Waals surface area contributed by atoms with Gasteiger partial charge in [0.05, 0.1) is 5.69 Å². The Kier molecular flexibility index (Phi) is 2.56. The number of para-hydroxylation sites is 1. The predicted octanol–water partition coefficient (Wildman–Crippen LogP) is 3.74. The lowest BCUT2D eigenvalue weighted by Crippen LogP contribution is -2.20. The molecule has 1 aliphatic heterocycles. The Morgan fingerprint density at radius 3 is 2.44 bits per heavy atom. The van der Waals surface area contributed by atoms with Gasteiger partial charge in [-0.2, -0.15) is 0 Å². The summed E-state index contributed by atoms with van der Waals surface area (Å²) >= 11 is 0. The van der Waals surface area contributed by atoms with Gasteiger partial charge in [0.2, 0.25) is 0 Å². The third kappa shape index (κ3) is 1.86. The van der Waals surface area contributed by atoms with Crippen LogP contribution in [0.3, 0.4) is 0 Å². The van der Waals surface area contributed by atoms with E-state index >= 15 is 0 Å². The number of hydrogen-bond acceptors (Lipinski definition) is 2. The zero-order chi connectivity index (χ0) is 12.4. The molecule has 0 N–H and O–H groups in total. The largest absolute Gasteiger partial charge is 0.276 e. The molecule has 0 saturated heterocycles. The monoisotopic (exact) mass is 234 g/mol. The summed E-state index contributed by atoms with van der Waals surface area (Å²) in [6.07, 6.45) is 3.83. The van der Waals surface area contributed by atoms with Crippen LogP contribution in [-0.4, -0.2) is 12.4 Å². The second-order valence-electron chi connectivity index (χ2n) is 4.59. The van der Waals surface area contributed by atoms with Crippen LogP contribution in [0.1, 0.15) is 18.1 Å². The summed E-state index contributed by atoms with van der Waals surface area (Å²) in [6, 6.07) is 18.3. The van der Waals surface area contributed by atoms with Gasteiger partial charge in [0.1, 0.15) is 5.54 Å². The first kappa shape index (κ1) is 10.9. The third-order valence-corrected chi connectivity index (χ3v) is 3.22. The first-order valence-electron chi connectivity index (χ1n) is 6.03. The van der Waals surface area contributed by atoms with Gasteiger partial charge in [-0.05, 0) is 18.6 Å². The van der Waals surface area contributed by atoms with Crippen LogP contribution < -0.4 is 0 Å². The molecule has 18 heavy (non-hydrogen) atoms. The van der Waals surface area contributed by atoms with Crippen LogP contribution in [0.15, 0.2) is 64.6 Å². The van der Waals surface area contributed by atoms with Gasteiger partial charge in [-0.3, -0.25) is 9.98 Å². The molecule has 0 aliphatic carbocycles. The fraction of sp³-hybridized carbons (Fsp3) is 0.125. The van der Waals surface area contributed by atoms with Crippen LogP contribution in [0, 0.1) is 0 Å². The molecule has 0 radical (unpaired) electrons. The van der Waals surface area contributed by atoms with E-state index in [4.69, 9.17) is 4.99 Å². The highest BCUT2D eigenvalue weighted by Gasteiger charge is 2.24. The van der Waals surface area contributed by atoms with Crippen molar-refractivity contribution in [2.75, 3.05) is 0 Å². The number of fused-ring (bicyclic) bond motifs is 1. The standard InChI is InChI=1S/C16H14N2/c1-16(14-8-3-2-4-9-14)12-17-15-10-6-5-7-13(15)11-18-16/h2-12H,1H3. The number of rotatable bonds is 1. The van der Waals surface area contributed by atoms with Crippen molar-refractivity contribution in [3.05, 3.63) is 65.7 Å². The molecule has 1 atom stereocenters. The molecule has 2 aromatic carbocycles. The van der Waals surface area contributed by atoms with E-state index in [2.05, 4.69) is 24.0 Å². The van der Waals surface area contributed by atoms with Gasteiger partial charge in [-0.1, -0.05) is 48.5 Å². The molecule has 1 unspecified atom stereocenters. The molecule has 0 aromatic heterocycles. The molecule has 0 bridgehead atoms. The molecule has 2 nitrogen and oxygen atoms in total. The highest BCUT2D eigenvalue weighted by molar-refractivity contribution is 5.92. The van der Waals surface area contributed by atoms with Gasteiger partial charge in [-0.15, -0.1) is 0 Å². The van der Waals surface area contributed by atoms with Crippen molar-refractivity contribution in [1.82, 2.24) is 0 Å². The Bertz CT molecular complexity index is 579. The third-order valence-electron chi connectivity index (χ3n) is 3.22. The maximum Gasteiger partial charge on any atom is 0.118 e. The number of hydrogen-bond donors (Lipinski definition) is 0.